The summed E-state index contributed by atoms with van der Waals surface area (Å²) in [6.07, 6.45) is 19.2. The maximum atomic E-state index is 4.82. The predicted octanol–water partition coefficient (Wildman–Crippen LogP) is 7.01. The average molecular weight is 580 g/mol. The normalized spacial score (nSPS) is 22.6. The third-order valence-electron chi connectivity index (χ3n) is 8.51. The second kappa shape index (κ2) is 15.7. The van der Waals surface area contributed by atoms with Gasteiger partial charge in [0.25, 0.3) is 0 Å². The topological polar surface area (TPSA) is 51.1 Å². The SMILES string of the molecule is C/C=C\CC/C=C/CN1CCc2c(ncn2C2CC3N(CCCNc4ccc(C)cc4)N3C2)C1.C=CNc1ccccc1. The molecule has 2 aromatic carbocycles. The summed E-state index contributed by atoms with van der Waals surface area (Å²) in [5.41, 5.74) is 6.39. The van der Waals surface area contributed by atoms with Crippen LogP contribution in [0.15, 0.2) is 98.0 Å². The minimum atomic E-state index is 0.584. The molecule has 1 aromatic heterocycles. The van der Waals surface area contributed by atoms with Crippen molar-refractivity contribution in [1.82, 2.24) is 24.5 Å². The number of para-hydroxylation sites is 1. The lowest BCUT2D eigenvalue weighted by molar-refractivity contribution is 0.250. The third-order valence-corrected chi connectivity index (χ3v) is 8.51. The van der Waals surface area contributed by atoms with Gasteiger partial charge in [-0.05, 0) is 63.6 Å². The van der Waals surface area contributed by atoms with E-state index in [1.165, 1.54) is 35.5 Å². The fourth-order valence-corrected chi connectivity index (χ4v) is 6.13. The summed E-state index contributed by atoms with van der Waals surface area (Å²) in [4.78, 5) is 7.34. The van der Waals surface area contributed by atoms with Crippen molar-refractivity contribution in [2.75, 3.05) is 43.4 Å². The number of aromatic nitrogens is 2. The molecule has 2 saturated heterocycles. The van der Waals surface area contributed by atoms with Crippen LogP contribution in [-0.4, -0.2) is 63.4 Å². The predicted molar refractivity (Wildman–Crippen MR) is 180 cm³/mol. The fraction of sp³-hybridized carbons (Fsp3) is 0.417. The van der Waals surface area contributed by atoms with E-state index in [0.717, 1.165) is 64.2 Å². The highest BCUT2D eigenvalue weighted by Crippen LogP contribution is 2.42. The lowest BCUT2D eigenvalue weighted by Gasteiger charge is -2.27. The largest absolute Gasteiger partial charge is 0.385 e. The van der Waals surface area contributed by atoms with Crippen molar-refractivity contribution >= 4 is 11.4 Å². The molecule has 3 aliphatic heterocycles. The molecular weight excluding hydrogens is 530 g/mol. The summed E-state index contributed by atoms with van der Waals surface area (Å²) in [5.74, 6) is 0. The molecule has 4 unspecified atom stereocenters. The first kappa shape index (κ1) is 30.8. The number of fused-ring (bicyclic) bond motifs is 2. The van der Waals surface area contributed by atoms with Crippen LogP contribution in [-0.2, 0) is 13.0 Å². The highest BCUT2D eigenvalue weighted by Gasteiger charge is 2.52. The Bertz CT molecular complexity index is 1320. The van der Waals surface area contributed by atoms with Crippen LogP contribution in [0, 0.1) is 6.92 Å². The van der Waals surface area contributed by atoms with Gasteiger partial charge in [0, 0.05) is 69.2 Å². The Morgan fingerprint density at radius 3 is 2.56 bits per heavy atom. The monoisotopic (exact) mass is 579 g/mol. The molecule has 228 valence electrons. The molecule has 0 spiro atoms. The van der Waals surface area contributed by atoms with Crippen LogP contribution in [0.25, 0.3) is 0 Å². The number of hydrazine groups is 1. The van der Waals surface area contributed by atoms with Crippen LogP contribution < -0.4 is 10.6 Å². The maximum Gasteiger partial charge on any atom is 0.0955 e. The van der Waals surface area contributed by atoms with Crippen LogP contribution in [0.4, 0.5) is 11.4 Å². The molecule has 6 rings (SSSR count). The highest BCUT2D eigenvalue weighted by molar-refractivity contribution is 5.45. The number of allylic oxidation sites excluding steroid dienone is 3. The summed E-state index contributed by atoms with van der Waals surface area (Å²) in [5, 5.41) is 11.6. The fourth-order valence-electron chi connectivity index (χ4n) is 6.13. The van der Waals surface area contributed by atoms with Crippen molar-refractivity contribution in [1.29, 1.82) is 0 Å². The lowest BCUT2D eigenvalue weighted by Crippen LogP contribution is -2.32. The van der Waals surface area contributed by atoms with E-state index >= 15 is 0 Å². The number of imidazole rings is 1. The van der Waals surface area contributed by atoms with Crippen LogP contribution in [0.5, 0.6) is 0 Å². The molecule has 43 heavy (non-hydrogen) atoms. The summed E-state index contributed by atoms with van der Waals surface area (Å²) in [6, 6.07) is 19.2. The number of hydrogen-bond acceptors (Lipinski definition) is 6. The Kier molecular flexibility index (Phi) is 11.3. The molecule has 0 saturated carbocycles. The molecule has 2 fully saturated rings. The molecule has 7 nitrogen and oxygen atoms in total. The summed E-state index contributed by atoms with van der Waals surface area (Å²) in [7, 11) is 0. The number of aryl methyl sites for hydroxylation is 1. The number of hydrogen-bond donors (Lipinski definition) is 2. The smallest absolute Gasteiger partial charge is 0.0955 e. The first-order chi connectivity index (χ1) is 21.2. The summed E-state index contributed by atoms with van der Waals surface area (Å²) in [6.45, 7) is 14.2. The second-order valence-electron chi connectivity index (χ2n) is 11.7. The molecule has 3 aromatic rings. The van der Waals surface area contributed by atoms with E-state index in [4.69, 9.17) is 4.98 Å². The molecule has 2 N–H and O–H groups in total. The number of rotatable bonds is 13. The highest BCUT2D eigenvalue weighted by atomic mass is 15.9. The molecule has 3 aliphatic rings. The first-order valence-corrected chi connectivity index (χ1v) is 16.0. The zero-order valence-electron chi connectivity index (χ0n) is 26.0. The molecule has 4 atom stereocenters. The Hall–Kier alpha value is -3.65. The van der Waals surface area contributed by atoms with Gasteiger partial charge in [-0.2, -0.15) is 0 Å². The minimum Gasteiger partial charge on any atom is -0.385 e. The van der Waals surface area contributed by atoms with Gasteiger partial charge in [0.05, 0.1) is 24.2 Å². The van der Waals surface area contributed by atoms with Crippen molar-refractivity contribution in [2.24, 2.45) is 0 Å². The van der Waals surface area contributed by atoms with Gasteiger partial charge in [-0.1, -0.05) is 66.8 Å². The first-order valence-electron chi connectivity index (χ1n) is 16.0. The quantitative estimate of drug-likeness (QED) is 0.129. The van der Waals surface area contributed by atoms with E-state index in [9.17, 15) is 0 Å². The van der Waals surface area contributed by atoms with E-state index in [2.05, 4.69) is 105 Å². The van der Waals surface area contributed by atoms with Gasteiger partial charge in [-0.25, -0.2) is 15.0 Å². The molecule has 0 bridgehead atoms. The van der Waals surface area contributed by atoms with Crippen LogP contribution in [0.1, 0.15) is 55.6 Å². The van der Waals surface area contributed by atoms with E-state index in [0.29, 0.717) is 12.2 Å². The van der Waals surface area contributed by atoms with E-state index in [1.54, 1.807) is 6.20 Å². The zero-order chi connectivity index (χ0) is 29.9. The average Bonchev–Trinajstić information content (AvgIpc) is 3.33. The molecule has 0 aliphatic carbocycles. The standard InChI is InChI=1S/C28H40N6.C8H9N/c1-3-4-5-6-7-8-16-31-18-14-27-26(21-31)30-22-32(27)25-19-28-33(34(28)20-25)17-9-15-29-24-12-10-23(2)11-13-24;1-2-9-8-6-4-3-5-7-8/h3-4,7-8,10-13,22,25,28-29H,5-6,9,14-21H2,1-2H3;2-7,9H,1H2/b4-3-,8-7+;. The van der Waals surface area contributed by atoms with Crippen molar-refractivity contribution in [3.05, 3.63) is 115 Å². The van der Waals surface area contributed by atoms with Crippen molar-refractivity contribution in [2.45, 2.75) is 64.7 Å². The zero-order valence-corrected chi connectivity index (χ0v) is 26.0. The van der Waals surface area contributed by atoms with Gasteiger partial charge in [-0.3, -0.25) is 4.90 Å². The van der Waals surface area contributed by atoms with Gasteiger partial charge < -0.3 is 15.2 Å². The van der Waals surface area contributed by atoms with Crippen LogP contribution in [0.2, 0.25) is 0 Å². The van der Waals surface area contributed by atoms with E-state index in [-0.39, 0.29) is 0 Å². The van der Waals surface area contributed by atoms with Gasteiger partial charge in [0.15, 0.2) is 0 Å². The molecule has 7 heteroatoms. The number of anilines is 2. The number of nitrogens with zero attached hydrogens (tertiary/aromatic N) is 5. The van der Waals surface area contributed by atoms with Gasteiger partial charge in [-0.15, -0.1) is 0 Å². The third kappa shape index (κ3) is 8.69. The maximum absolute atomic E-state index is 4.82. The van der Waals surface area contributed by atoms with Crippen LogP contribution in [0.3, 0.4) is 0 Å². The molecule has 0 radical (unpaired) electrons. The van der Waals surface area contributed by atoms with Crippen LogP contribution >= 0.6 is 0 Å². The number of unbranched alkanes of at least 4 members (excludes halogenated alkanes) is 1. The molecule has 4 heterocycles. The number of benzene rings is 2. The Morgan fingerprint density at radius 2 is 1.81 bits per heavy atom. The van der Waals surface area contributed by atoms with E-state index in [1.807, 2.05) is 30.3 Å². The van der Waals surface area contributed by atoms with Gasteiger partial charge in [0.2, 0.25) is 0 Å². The van der Waals surface area contributed by atoms with Gasteiger partial charge >= 0.3 is 0 Å². The van der Waals surface area contributed by atoms with Gasteiger partial charge in [0.1, 0.15) is 0 Å². The Labute approximate surface area is 258 Å². The number of nitrogens with one attached hydrogen (secondary N) is 2. The Morgan fingerprint density at radius 1 is 1.00 bits per heavy atom. The van der Waals surface area contributed by atoms with Crippen molar-refractivity contribution < 1.29 is 0 Å². The molecular formula is C36H49N7. The van der Waals surface area contributed by atoms with Crippen molar-refractivity contribution in [3.63, 3.8) is 0 Å². The molecule has 0 amide bonds. The summed E-state index contributed by atoms with van der Waals surface area (Å²) >= 11 is 0. The summed E-state index contributed by atoms with van der Waals surface area (Å²) < 4.78 is 2.50. The van der Waals surface area contributed by atoms with Crippen molar-refractivity contribution in [3.8, 4) is 0 Å². The Balaban J connectivity index is 0.000000351. The minimum absolute atomic E-state index is 0.584. The van der Waals surface area contributed by atoms with E-state index < -0.39 is 0 Å². The second-order valence-corrected chi connectivity index (χ2v) is 11.7. The lowest BCUT2D eigenvalue weighted by atomic mass is 10.1.